The van der Waals surface area contributed by atoms with Crippen LogP contribution in [0.5, 0.6) is 11.6 Å². The molecule has 132 valence electrons. The fourth-order valence-electron chi connectivity index (χ4n) is 2.46. The van der Waals surface area contributed by atoms with Crippen LogP contribution in [0.4, 0.5) is 5.69 Å². The first-order valence-electron chi connectivity index (χ1n) is 8.34. The second kappa shape index (κ2) is 7.69. The van der Waals surface area contributed by atoms with Gasteiger partial charge in [0, 0.05) is 35.8 Å². The molecule has 0 amide bonds. The Hall–Kier alpha value is -3.35. The zero-order valence-electron chi connectivity index (χ0n) is 14.5. The number of nitrogens with zero attached hydrogens (tertiary/aromatic N) is 4. The van der Waals surface area contributed by atoms with E-state index < -0.39 is 4.92 Å². The van der Waals surface area contributed by atoms with Gasteiger partial charge in [-0.2, -0.15) is 4.98 Å². The third-order valence-electron chi connectivity index (χ3n) is 3.90. The van der Waals surface area contributed by atoms with E-state index in [2.05, 4.69) is 15.0 Å². The number of nitro groups is 1. The van der Waals surface area contributed by atoms with Crippen LogP contribution in [-0.4, -0.2) is 19.9 Å². The Morgan fingerprint density at radius 1 is 1.04 bits per heavy atom. The Morgan fingerprint density at radius 3 is 2.46 bits per heavy atom. The number of aryl methyl sites for hydroxylation is 2. The molecule has 0 aliphatic heterocycles. The van der Waals surface area contributed by atoms with Gasteiger partial charge in [-0.05, 0) is 36.6 Å². The lowest BCUT2D eigenvalue weighted by atomic mass is 10.1. The van der Waals surface area contributed by atoms with Crippen molar-refractivity contribution < 1.29 is 9.66 Å². The molecule has 0 fully saturated rings. The van der Waals surface area contributed by atoms with Crippen LogP contribution in [0.1, 0.15) is 25.1 Å². The SMILES string of the molecule is CCc1ccc(Oc2cc(CC)nc(-c3ccncc3)n2)c([N+](=O)[O-])c1. The number of ether oxygens (including phenoxy) is 1. The van der Waals surface area contributed by atoms with Crippen molar-refractivity contribution in [3.05, 3.63) is 70.2 Å². The van der Waals surface area contributed by atoms with Gasteiger partial charge in [0.1, 0.15) is 0 Å². The molecule has 0 bridgehead atoms. The van der Waals surface area contributed by atoms with Crippen molar-refractivity contribution in [3.8, 4) is 23.0 Å². The highest BCUT2D eigenvalue weighted by Crippen LogP contribution is 2.32. The lowest BCUT2D eigenvalue weighted by molar-refractivity contribution is -0.385. The van der Waals surface area contributed by atoms with E-state index >= 15 is 0 Å². The molecule has 0 N–H and O–H groups in total. The molecule has 0 radical (unpaired) electrons. The molecule has 7 nitrogen and oxygen atoms in total. The van der Waals surface area contributed by atoms with E-state index in [1.54, 1.807) is 36.7 Å². The molecule has 0 atom stereocenters. The summed E-state index contributed by atoms with van der Waals surface area (Å²) < 4.78 is 5.77. The number of benzene rings is 1. The minimum atomic E-state index is -0.444. The van der Waals surface area contributed by atoms with Gasteiger partial charge in [-0.25, -0.2) is 4.98 Å². The molecule has 0 spiro atoms. The summed E-state index contributed by atoms with van der Waals surface area (Å²) in [6, 6.07) is 10.3. The fraction of sp³-hybridized carbons (Fsp3) is 0.211. The quantitative estimate of drug-likeness (QED) is 0.484. The average molecular weight is 350 g/mol. The number of hydrogen-bond acceptors (Lipinski definition) is 6. The summed E-state index contributed by atoms with van der Waals surface area (Å²) in [5.41, 5.74) is 2.38. The van der Waals surface area contributed by atoms with Crippen molar-refractivity contribution in [2.75, 3.05) is 0 Å². The molecule has 26 heavy (non-hydrogen) atoms. The summed E-state index contributed by atoms with van der Waals surface area (Å²) in [5.74, 6) is 0.930. The van der Waals surface area contributed by atoms with Crippen LogP contribution in [0.25, 0.3) is 11.4 Å². The standard InChI is InChI=1S/C19H18N4O3/c1-3-13-5-6-17(16(11-13)23(24)25)26-18-12-15(4-2)21-19(22-18)14-7-9-20-10-8-14/h5-12H,3-4H2,1-2H3. The van der Waals surface area contributed by atoms with Crippen molar-refractivity contribution in [2.24, 2.45) is 0 Å². The topological polar surface area (TPSA) is 91.0 Å². The minimum Gasteiger partial charge on any atom is -0.432 e. The van der Waals surface area contributed by atoms with Crippen molar-refractivity contribution in [2.45, 2.75) is 26.7 Å². The maximum absolute atomic E-state index is 11.4. The second-order valence-corrected chi connectivity index (χ2v) is 5.63. The highest BCUT2D eigenvalue weighted by Gasteiger charge is 2.18. The summed E-state index contributed by atoms with van der Waals surface area (Å²) in [6.45, 7) is 3.92. The highest BCUT2D eigenvalue weighted by atomic mass is 16.6. The first kappa shape index (κ1) is 17.5. The molecule has 2 heterocycles. The second-order valence-electron chi connectivity index (χ2n) is 5.63. The summed E-state index contributed by atoms with van der Waals surface area (Å²) in [5, 5.41) is 11.4. The molecule has 0 saturated carbocycles. The van der Waals surface area contributed by atoms with E-state index in [9.17, 15) is 10.1 Å². The molecule has 0 aliphatic carbocycles. The predicted molar refractivity (Wildman–Crippen MR) is 97.2 cm³/mol. The normalized spacial score (nSPS) is 10.5. The van der Waals surface area contributed by atoms with E-state index in [4.69, 9.17) is 4.74 Å². The lowest BCUT2D eigenvalue weighted by Crippen LogP contribution is -2.00. The van der Waals surface area contributed by atoms with Gasteiger partial charge in [0.2, 0.25) is 11.6 Å². The monoisotopic (exact) mass is 350 g/mol. The Balaban J connectivity index is 2.01. The van der Waals surface area contributed by atoms with Gasteiger partial charge < -0.3 is 4.74 Å². The van der Waals surface area contributed by atoms with E-state index in [1.807, 2.05) is 19.9 Å². The van der Waals surface area contributed by atoms with Crippen LogP contribution in [0.15, 0.2) is 48.8 Å². The largest absolute Gasteiger partial charge is 0.432 e. The number of rotatable bonds is 6. The first-order chi connectivity index (χ1) is 12.6. The smallest absolute Gasteiger partial charge is 0.311 e. The number of hydrogen-bond donors (Lipinski definition) is 0. The Kier molecular flexibility index (Phi) is 5.17. The Morgan fingerprint density at radius 2 is 1.81 bits per heavy atom. The van der Waals surface area contributed by atoms with Crippen LogP contribution in [0.2, 0.25) is 0 Å². The molecule has 7 heteroatoms. The number of nitro benzene ring substituents is 1. The van der Waals surface area contributed by atoms with Crippen molar-refractivity contribution in [1.29, 1.82) is 0 Å². The zero-order chi connectivity index (χ0) is 18.5. The lowest BCUT2D eigenvalue weighted by Gasteiger charge is -2.09. The number of pyridine rings is 1. The van der Waals surface area contributed by atoms with Crippen molar-refractivity contribution in [1.82, 2.24) is 15.0 Å². The van der Waals surface area contributed by atoms with Crippen LogP contribution >= 0.6 is 0 Å². The van der Waals surface area contributed by atoms with E-state index in [-0.39, 0.29) is 17.3 Å². The molecule has 0 unspecified atom stereocenters. The highest BCUT2D eigenvalue weighted by molar-refractivity contribution is 5.55. The third-order valence-corrected chi connectivity index (χ3v) is 3.90. The van der Waals surface area contributed by atoms with Gasteiger partial charge in [-0.3, -0.25) is 15.1 Å². The molecule has 3 rings (SSSR count). The summed E-state index contributed by atoms with van der Waals surface area (Å²) in [6.07, 6.45) is 4.72. The zero-order valence-corrected chi connectivity index (χ0v) is 14.5. The maximum Gasteiger partial charge on any atom is 0.311 e. The van der Waals surface area contributed by atoms with Crippen molar-refractivity contribution >= 4 is 5.69 Å². The summed E-state index contributed by atoms with van der Waals surface area (Å²) >= 11 is 0. The van der Waals surface area contributed by atoms with Crippen LogP contribution in [-0.2, 0) is 12.8 Å². The molecule has 3 aromatic rings. The van der Waals surface area contributed by atoms with Gasteiger partial charge in [-0.1, -0.05) is 19.9 Å². The first-order valence-corrected chi connectivity index (χ1v) is 8.34. The van der Waals surface area contributed by atoms with E-state index in [0.29, 0.717) is 18.7 Å². The minimum absolute atomic E-state index is 0.0773. The maximum atomic E-state index is 11.4. The third kappa shape index (κ3) is 3.83. The summed E-state index contributed by atoms with van der Waals surface area (Å²) in [7, 11) is 0. The molecule has 0 aliphatic rings. The Bertz CT molecular complexity index is 929. The average Bonchev–Trinajstić information content (AvgIpc) is 2.68. The number of aromatic nitrogens is 3. The van der Waals surface area contributed by atoms with E-state index in [1.165, 1.54) is 6.07 Å². The van der Waals surface area contributed by atoms with Gasteiger partial charge in [0.25, 0.3) is 0 Å². The Labute approximate surface area is 150 Å². The van der Waals surface area contributed by atoms with E-state index in [0.717, 1.165) is 16.8 Å². The van der Waals surface area contributed by atoms with Crippen molar-refractivity contribution in [3.63, 3.8) is 0 Å². The molecule has 1 aromatic carbocycles. The summed E-state index contributed by atoms with van der Waals surface area (Å²) in [4.78, 5) is 23.8. The fourth-order valence-corrected chi connectivity index (χ4v) is 2.46. The molecular weight excluding hydrogens is 332 g/mol. The molecule has 2 aromatic heterocycles. The van der Waals surface area contributed by atoms with Gasteiger partial charge in [-0.15, -0.1) is 0 Å². The van der Waals surface area contributed by atoms with Gasteiger partial charge in [0.05, 0.1) is 4.92 Å². The van der Waals surface area contributed by atoms with Crippen LogP contribution < -0.4 is 4.74 Å². The van der Waals surface area contributed by atoms with Crippen LogP contribution in [0.3, 0.4) is 0 Å². The van der Waals surface area contributed by atoms with Gasteiger partial charge >= 0.3 is 5.69 Å². The molecule has 0 saturated heterocycles. The predicted octanol–water partition coefficient (Wildman–Crippen LogP) is 4.36. The molecular formula is C19H18N4O3. The van der Waals surface area contributed by atoms with Crippen LogP contribution in [0, 0.1) is 10.1 Å². The van der Waals surface area contributed by atoms with Gasteiger partial charge in [0.15, 0.2) is 5.82 Å².